The van der Waals surface area contributed by atoms with Gasteiger partial charge in [0.05, 0.1) is 13.3 Å². The highest BCUT2D eigenvalue weighted by Gasteiger charge is 2.13. The fraction of sp³-hybridized carbons (Fsp3) is 0.500. The van der Waals surface area contributed by atoms with Gasteiger partial charge in [0, 0.05) is 13.2 Å². The van der Waals surface area contributed by atoms with Crippen molar-refractivity contribution >= 4 is 6.16 Å². The van der Waals surface area contributed by atoms with Crippen LogP contribution in [0.4, 0.5) is 4.79 Å². The standard InChI is InChI=1S/C6H10N2O3/c1-7-3-4-8(5-7)11-6(9)10-2/h3-4H,5H2,1-2H3. The predicted molar refractivity (Wildman–Crippen MR) is 37.1 cm³/mol. The lowest BCUT2D eigenvalue weighted by molar-refractivity contribution is -0.0942. The fourth-order valence-corrected chi connectivity index (χ4v) is 0.695. The number of nitrogens with zero attached hydrogens (tertiary/aromatic N) is 2. The molecule has 1 aliphatic heterocycles. The van der Waals surface area contributed by atoms with Crippen LogP contribution in [0.25, 0.3) is 0 Å². The molecule has 0 spiro atoms. The molecule has 0 saturated heterocycles. The van der Waals surface area contributed by atoms with Crippen molar-refractivity contribution < 1.29 is 14.4 Å². The quantitative estimate of drug-likeness (QED) is 0.515. The molecule has 0 aromatic rings. The van der Waals surface area contributed by atoms with Gasteiger partial charge in [0.25, 0.3) is 0 Å². The van der Waals surface area contributed by atoms with E-state index in [1.165, 1.54) is 12.2 Å². The lowest BCUT2D eigenvalue weighted by Crippen LogP contribution is -2.25. The Labute approximate surface area is 64.7 Å². The van der Waals surface area contributed by atoms with E-state index in [0.29, 0.717) is 6.67 Å². The molecule has 1 heterocycles. The summed E-state index contributed by atoms with van der Waals surface area (Å²) in [5.74, 6) is 0. The molecule has 0 aromatic heterocycles. The molecule has 0 bridgehead atoms. The van der Waals surface area contributed by atoms with Crippen molar-refractivity contribution in [2.24, 2.45) is 0 Å². The van der Waals surface area contributed by atoms with E-state index in [-0.39, 0.29) is 0 Å². The average molecular weight is 158 g/mol. The van der Waals surface area contributed by atoms with Gasteiger partial charge in [0.2, 0.25) is 0 Å². The van der Waals surface area contributed by atoms with Crippen molar-refractivity contribution in [3.05, 3.63) is 12.4 Å². The van der Waals surface area contributed by atoms with Gasteiger partial charge < -0.3 is 14.5 Å². The summed E-state index contributed by atoms with van der Waals surface area (Å²) in [5.41, 5.74) is 0. The van der Waals surface area contributed by atoms with Gasteiger partial charge in [0.1, 0.15) is 6.67 Å². The van der Waals surface area contributed by atoms with Gasteiger partial charge >= 0.3 is 6.16 Å². The maximum absolute atomic E-state index is 10.5. The van der Waals surface area contributed by atoms with Crippen LogP contribution in [0.15, 0.2) is 12.4 Å². The monoisotopic (exact) mass is 158 g/mol. The highest BCUT2D eigenvalue weighted by atomic mass is 16.8. The first kappa shape index (κ1) is 7.71. The molecule has 0 amide bonds. The molecule has 11 heavy (non-hydrogen) atoms. The van der Waals surface area contributed by atoms with E-state index < -0.39 is 6.16 Å². The molecular formula is C6H10N2O3. The van der Waals surface area contributed by atoms with Crippen LogP contribution in [-0.4, -0.2) is 36.9 Å². The Morgan fingerprint density at radius 3 is 2.73 bits per heavy atom. The Morgan fingerprint density at radius 2 is 2.27 bits per heavy atom. The number of carbonyl (C=O) groups excluding carboxylic acids is 1. The molecule has 0 fully saturated rings. The van der Waals surface area contributed by atoms with Crippen LogP contribution in [0.5, 0.6) is 0 Å². The van der Waals surface area contributed by atoms with Gasteiger partial charge in [-0.3, -0.25) is 0 Å². The summed E-state index contributed by atoms with van der Waals surface area (Å²) in [6, 6.07) is 0. The number of hydrogen-bond acceptors (Lipinski definition) is 5. The number of hydrogen-bond donors (Lipinski definition) is 0. The maximum atomic E-state index is 10.5. The third-order valence-electron chi connectivity index (χ3n) is 1.21. The maximum Gasteiger partial charge on any atom is 0.533 e. The zero-order valence-electron chi connectivity index (χ0n) is 6.48. The van der Waals surface area contributed by atoms with Crippen molar-refractivity contribution in [2.75, 3.05) is 20.8 Å². The highest BCUT2D eigenvalue weighted by molar-refractivity contribution is 5.59. The Kier molecular flexibility index (Phi) is 2.20. The normalized spacial score (nSPS) is 15.5. The minimum absolute atomic E-state index is 0.537. The second-order valence-corrected chi connectivity index (χ2v) is 2.16. The van der Waals surface area contributed by atoms with Crippen LogP contribution in [0.1, 0.15) is 0 Å². The van der Waals surface area contributed by atoms with Gasteiger partial charge in [-0.2, -0.15) is 5.06 Å². The van der Waals surface area contributed by atoms with Crippen molar-refractivity contribution in [2.45, 2.75) is 0 Å². The minimum Gasteiger partial charge on any atom is -0.436 e. The molecule has 1 rings (SSSR count). The zero-order valence-corrected chi connectivity index (χ0v) is 6.48. The molecule has 5 nitrogen and oxygen atoms in total. The molecule has 0 unspecified atom stereocenters. The van der Waals surface area contributed by atoms with Crippen molar-refractivity contribution in [3.63, 3.8) is 0 Å². The number of methoxy groups -OCH3 is 1. The number of carbonyl (C=O) groups is 1. The molecule has 0 N–H and O–H groups in total. The van der Waals surface area contributed by atoms with Crippen molar-refractivity contribution in [1.29, 1.82) is 0 Å². The van der Waals surface area contributed by atoms with Crippen LogP contribution < -0.4 is 0 Å². The molecular weight excluding hydrogens is 148 g/mol. The van der Waals surface area contributed by atoms with E-state index in [1.807, 2.05) is 11.9 Å². The first-order chi connectivity index (χ1) is 5.22. The predicted octanol–water partition coefficient (Wildman–Crippen LogP) is 0.360. The Bertz CT molecular complexity index is 181. The Balaban J connectivity index is 2.29. The van der Waals surface area contributed by atoms with E-state index in [1.54, 1.807) is 12.4 Å². The largest absolute Gasteiger partial charge is 0.533 e. The number of rotatable bonds is 1. The highest BCUT2D eigenvalue weighted by Crippen LogP contribution is 2.04. The first-order valence-electron chi connectivity index (χ1n) is 3.13. The summed E-state index contributed by atoms with van der Waals surface area (Å²) in [6.07, 6.45) is 2.74. The molecule has 0 aromatic carbocycles. The second-order valence-electron chi connectivity index (χ2n) is 2.16. The fourth-order valence-electron chi connectivity index (χ4n) is 0.695. The van der Waals surface area contributed by atoms with E-state index in [0.717, 1.165) is 0 Å². The summed E-state index contributed by atoms with van der Waals surface area (Å²) >= 11 is 0. The summed E-state index contributed by atoms with van der Waals surface area (Å²) in [7, 11) is 3.14. The molecule has 0 aliphatic carbocycles. The van der Waals surface area contributed by atoms with Gasteiger partial charge in [-0.25, -0.2) is 4.79 Å². The topological polar surface area (TPSA) is 42.0 Å². The molecule has 0 saturated carbocycles. The lowest BCUT2D eigenvalue weighted by Gasteiger charge is -2.15. The smallest absolute Gasteiger partial charge is 0.436 e. The molecule has 1 aliphatic rings. The zero-order chi connectivity index (χ0) is 8.27. The molecule has 5 heteroatoms. The van der Waals surface area contributed by atoms with E-state index >= 15 is 0 Å². The minimum atomic E-state index is -0.704. The Hall–Kier alpha value is -1.39. The van der Waals surface area contributed by atoms with Crippen LogP contribution >= 0.6 is 0 Å². The molecule has 0 radical (unpaired) electrons. The van der Waals surface area contributed by atoms with Gasteiger partial charge in [0.15, 0.2) is 0 Å². The first-order valence-corrected chi connectivity index (χ1v) is 3.13. The third-order valence-corrected chi connectivity index (χ3v) is 1.21. The van der Waals surface area contributed by atoms with Gasteiger partial charge in [-0.1, -0.05) is 0 Å². The van der Waals surface area contributed by atoms with Gasteiger partial charge in [-0.05, 0) is 0 Å². The lowest BCUT2D eigenvalue weighted by atomic mass is 10.9. The average Bonchev–Trinajstić information content (AvgIpc) is 2.35. The van der Waals surface area contributed by atoms with E-state index in [4.69, 9.17) is 0 Å². The summed E-state index contributed by atoms with van der Waals surface area (Å²) in [4.78, 5) is 17.1. The summed E-state index contributed by atoms with van der Waals surface area (Å²) < 4.78 is 4.29. The Morgan fingerprint density at radius 1 is 1.55 bits per heavy atom. The van der Waals surface area contributed by atoms with E-state index in [2.05, 4.69) is 9.57 Å². The number of ether oxygens (including phenoxy) is 1. The molecule has 62 valence electrons. The third kappa shape index (κ3) is 2.03. The molecule has 0 atom stereocenters. The van der Waals surface area contributed by atoms with Crippen LogP contribution in [0.2, 0.25) is 0 Å². The van der Waals surface area contributed by atoms with Crippen LogP contribution in [0.3, 0.4) is 0 Å². The summed E-state index contributed by atoms with van der Waals surface area (Å²) in [6.45, 7) is 0.537. The van der Waals surface area contributed by atoms with Crippen molar-refractivity contribution in [1.82, 2.24) is 9.96 Å². The van der Waals surface area contributed by atoms with Crippen molar-refractivity contribution in [3.8, 4) is 0 Å². The van der Waals surface area contributed by atoms with Crippen LogP contribution in [0, 0.1) is 0 Å². The number of hydroxylamine groups is 2. The SMILES string of the molecule is COC(=O)ON1C=CN(C)C1. The summed E-state index contributed by atoms with van der Waals surface area (Å²) in [5, 5.41) is 1.38. The van der Waals surface area contributed by atoms with Crippen LogP contribution in [-0.2, 0) is 9.57 Å². The van der Waals surface area contributed by atoms with E-state index in [9.17, 15) is 4.79 Å². The van der Waals surface area contributed by atoms with Gasteiger partial charge in [-0.15, -0.1) is 0 Å². The second kappa shape index (κ2) is 3.14.